The molecule has 2 atom stereocenters. The molecule has 0 radical (unpaired) electrons. The Kier molecular flexibility index (Phi) is 8.33. The first kappa shape index (κ1) is 25.7. The molecule has 2 N–H and O–H groups in total. The van der Waals surface area contributed by atoms with E-state index < -0.39 is 8.32 Å². The Labute approximate surface area is 204 Å². The first-order valence-corrected chi connectivity index (χ1v) is 14.7. The molecule has 0 bridgehead atoms. The number of rotatable bonds is 10. The summed E-state index contributed by atoms with van der Waals surface area (Å²) in [6, 6.07) is 18.1. The highest BCUT2D eigenvalue weighted by Crippen LogP contribution is 2.37. The summed E-state index contributed by atoms with van der Waals surface area (Å²) in [6.45, 7) is 13.6. The molecule has 0 aliphatic carbocycles. The highest BCUT2D eigenvalue weighted by molar-refractivity contribution is 6.74. The number of nitrogens with zero attached hydrogens (tertiary/aromatic N) is 1. The molecular weight excluding hydrogens is 442 g/mol. The quantitative estimate of drug-likeness (QED) is 0.347. The molecule has 3 rings (SSSR count). The lowest BCUT2D eigenvalue weighted by Gasteiger charge is -2.40. The number of hydrogen-bond acceptors (Lipinski definition) is 4. The summed E-state index contributed by atoms with van der Waals surface area (Å²) < 4.78 is 12.6. The zero-order valence-corrected chi connectivity index (χ0v) is 22.1. The second-order valence-electron chi connectivity index (χ2n) is 10.2. The van der Waals surface area contributed by atoms with Crippen molar-refractivity contribution in [1.29, 1.82) is 0 Å². The summed E-state index contributed by atoms with van der Waals surface area (Å²) in [6.07, 6.45) is 3.49. The van der Waals surface area contributed by atoms with Crippen LogP contribution in [0.1, 0.15) is 44.6 Å². The normalized spacial score (nSPS) is 13.8. The summed E-state index contributed by atoms with van der Waals surface area (Å²) in [5, 5.41) is 3.20. The summed E-state index contributed by atoms with van der Waals surface area (Å²) >= 11 is 0. The molecule has 2 aromatic carbocycles. The Balaban J connectivity index is 1.64. The zero-order valence-electron chi connectivity index (χ0n) is 21.1. The van der Waals surface area contributed by atoms with Crippen molar-refractivity contribution in [3.8, 4) is 16.9 Å². The molecule has 0 spiro atoms. The smallest absolute Gasteiger partial charge is 0.269 e. The van der Waals surface area contributed by atoms with E-state index in [0.717, 1.165) is 11.3 Å². The summed E-state index contributed by atoms with van der Waals surface area (Å²) in [5.74, 6) is 0.608. The minimum absolute atomic E-state index is 0.0796. The predicted octanol–water partition coefficient (Wildman–Crippen LogP) is 6.05. The first-order chi connectivity index (χ1) is 16.1. The molecule has 0 aliphatic heterocycles. The molecule has 0 unspecified atom stereocenters. The number of amides is 1. The minimum atomic E-state index is -2.00. The van der Waals surface area contributed by atoms with Crippen molar-refractivity contribution < 1.29 is 14.0 Å². The number of aromatic nitrogens is 2. The molecule has 34 heavy (non-hydrogen) atoms. The standard InChI is InChI=1S/C27H37N3O3Si/c1-20(33-34(5,6)27(2,3)4)24(30-26(31)25-18-28-19-29-25)16-17-32-23-14-12-22(13-15-23)21-10-8-7-9-11-21/h7-15,18-20,24H,16-17H2,1-6H3,(H,28,29)(H,30,31)/t20-,24+/m0/s1. The van der Waals surface area contributed by atoms with E-state index in [1.807, 2.05) is 37.3 Å². The van der Waals surface area contributed by atoms with E-state index in [1.54, 1.807) is 0 Å². The van der Waals surface area contributed by atoms with Gasteiger partial charge < -0.3 is 19.5 Å². The summed E-state index contributed by atoms with van der Waals surface area (Å²) in [5.41, 5.74) is 2.75. The highest BCUT2D eigenvalue weighted by atomic mass is 28.4. The lowest BCUT2D eigenvalue weighted by molar-refractivity contribution is 0.0842. The molecule has 6 nitrogen and oxygen atoms in total. The maximum atomic E-state index is 12.7. The van der Waals surface area contributed by atoms with Crippen molar-refractivity contribution in [2.24, 2.45) is 0 Å². The van der Waals surface area contributed by atoms with Crippen molar-refractivity contribution >= 4 is 14.2 Å². The Morgan fingerprint density at radius 3 is 2.29 bits per heavy atom. The molecule has 1 amide bonds. The van der Waals surface area contributed by atoms with Gasteiger partial charge in [0.05, 0.1) is 31.3 Å². The van der Waals surface area contributed by atoms with Crippen LogP contribution in [0, 0.1) is 0 Å². The molecule has 1 aromatic heterocycles. The molecule has 7 heteroatoms. The summed E-state index contributed by atoms with van der Waals surface area (Å²) in [4.78, 5) is 19.5. The Hall–Kier alpha value is -2.90. The number of hydrogen-bond donors (Lipinski definition) is 2. The largest absolute Gasteiger partial charge is 0.494 e. The van der Waals surface area contributed by atoms with Gasteiger partial charge in [0.1, 0.15) is 11.4 Å². The Morgan fingerprint density at radius 2 is 1.71 bits per heavy atom. The van der Waals surface area contributed by atoms with Gasteiger partial charge in [0.15, 0.2) is 8.32 Å². The van der Waals surface area contributed by atoms with E-state index in [9.17, 15) is 4.79 Å². The number of nitrogens with one attached hydrogen (secondary N) is 2. The maximum absolute atomic E-state index is 12.7. The number of aromatic amines is 1. The predicted molar refractivity (Wildman–Crippen MR) is 140 cm³/mol. The fourth-order valence-electron chi connectivity index (χ4n) is 3.45. The van der Waals surface area contributed by atoms with Crippen molar-refractivity contribution in [1.82, 2.24) is 15.3 Å². The molecule has 0 saturated heterocycles. The average molecular weight is 480 g/mol. The van der Waals surface area contributed by atoms with Gasteiger partial charge in [-0.1, -0.05) is 63.2 Å². The number of carbonyl (C=O) groups is 1. The number of benzene rings is 2. The third kappa shape index (κ3) is 6.81. The van der Waals surface area contributed by atoms with Crippen molar-refractivity contribution in [3.05, 3.63) is 72.8 Å². The highest BCUT2D eigenvalue weighted by Gasteiger charge is 2.40. The van der Waals surface area contributed by atoms with E-state index in [1.165, 1.54) is 18.1 Å². The van der Waals surface area contributed by atoms with Crippen LogP contribution in [0.5, 0.6) is 5.75 Å². The SMILES string of the molecule is C[C@H](O[Si](C)(C)C(C)(C)C)[C@@H](CCOc1ccc(-c2ccccc2)cc1)NC(=O)c1cnc[nH]1. The van der Waals surface area contributed by atoms with Crippen LogP contribution in [-0.2, 0) is 4.43 Å². The number of H-pyrrole nitrogens is 1. The van der Waals surface area contributed by atoms with Gasteiger partial charge in [-0.2, -0.15) is 0 Å². The Morgan fingerprint density at radius 1 is 1.06 bits per heavy atom. The lowest BCUT2D eigenvalue weighted by atomic mass is 10.1. The van der Waals surface area contributed by atoms with Gasteiger partial charge in [0, 0.05) is 6.42 Å². The van der Waals surface area contributed by atoms with E-state index >= 15 is 0 Å². The third-order valence-electron chi connectivity index (χ3n) is 6.57. The van der Waals surface area contributed by atoms with Gasteiger partial charge in [-0.3, -0.25) is 4.79 Å². The lowest BCUT2D eigenvalue weighted by Crippen LogP contribution is -2.51. The average Bonchev–Trinajstić information content (AvgIpc) is 3.33. The van der Waals surface area contributed by atoms with Crippen LogP contribution in [0.25, 0.3) is 11.1 Å². The Bertz CT molecular complexity index is 1030. The van der Waals surface area contributed by atoms with Gasteiger partial charge >= 0.3 is 0 Å². The molecule has 182 valence electrons. The zero-order chi connectivity index (χ0) is 24.8. The van der Waals surface area contributed by atoms with Gasteiger partial charge in [0.25, 0.3) is 5.91 Å². The van der Waals surface area contributed by atoms with Gasteiger partial charge in [-0.15, -0.1) is 0 Å². The topological polar surface area (TPSA) is 76.2 Å². The number of ether oxygens (including phenoxy) is 1. The first-order valence-electron chi connectivity index (χ1n) is 11.8. The van der Waals surface area contributed by atoms with E-state index in [0.29, 0.717) is 18.7 Å². The van der Waals surface area contributed by atoms with Gasteiger partial charge in [-0.05, 0) is 48.3 Å². The van der Waals surface area contributed by atoms with Crippen molar-refractivity contribution in [2.45, 2.75) is 64.4 Å². The van der Waals surface area contributed by atoms with Crippen molar-refractivity contribution in [2.75, 3.05) is 6.61 Å². The van der Waals surface area contributed by atoms with Crippen LogP contribution < -0.4 is 10.1 Å². The van der Waals surface area contributed by atoms with Gasteiger partial charge in [-0.25, -0.2) is 4.98 Å². The van der Waals surface area contributed by atoms with Crippen LogP contribution >= 0.6 is 0 Å². The van der Waals surface area contributed by atoms with Gasteiger partial charge in [0.2, 0.25) is 0 Å². The van der Waals surface area contributed by atoms with Crippen molar-refractivity contribution in [3.63, 3.8) is 0 Å². The fraction of sp³-hybridized carbons (Fsp3) is 0.407. The fourth-order valence-corrected chi connectivity index (χ4v) is 4.90. The maximum Gasteiger partial charge on any atom is 0.269 e. The second-order valence-corrected chi connectivity index (χ2v) is 14.9. The molecule has 1 heterocycles. The van der Waals surface area contributed by atoms with Crippen LogP contribution in [-0.4, -0.2) is 42.9 Å². The number of carbonyl (C=O) groups excluding carboxylic acids is 1. The van der Waals surface area contributed by atoms with E-state index in [-0.39, 0.29) is 23.1 Å². The monoisotopic (exact) mass is 479 g/mol. The second kappa shape index (κ2) is 11.0. The molecule has 0 fully saturated rings. The van der Waals surface area contributed by atoms with Crippen LogP contribution in [0.2, 0.25) is 18.1 Å². The third-order valence-corrected chi connectivity index (χ3v) is 11.1. The summed E-state index contributed by atoms with van der Waals surface area (Å²) in [7, 11) is -2.00. The minimum Gasteiger partial charge on any atom is -0.494 e. The van der Waals surface area contributed by atoms with Crippen LogP contribution in [0.15, 0.2) is 67.1 Å². The molecule has 0 aliphatic rings. The van der Waals surface area contributed by atoms with Crippen LogP contribution in [0.4, 0.5) is 0 Å². The number of imidazole rings is 1. The molecule has 0 saturated carbocycles. The molecule has 3 aromatic rings. The molecular formula is C27H37N3O3Si. The van der Waals surface area contributed by atoms with Crippen LogP contribution in [0.3, 0.4) is 0 Å². The van der Waals surface area contributed by atoms with E-state index in [2.05, 4.69) is 73.4 Å². The van der Waals surface area contributed by atoms with E-state index in [4.69, 9.17) is 9.16 Å².